The quantitative estimate of drug-likeness (QED) is 0.402. The summed E-state index contributed by atoms with van der Waals surface area (Å²) in [5.74, 6) is 0.367. The second-order valence-corrected chi connectivity index (χ2v) is 7.16. The Morgan fingerprint density at radius 1 is 1.32 bits per heavy atom. The molecule has 3 N–H and O–H groups in total. The Morgan fingerprint density at radius 2 is 2.00 bits per heavy atom. The Balaban J connectivity index is 2.54. The molecular weight excluding hydrogens is 302 g/mol. The van der Waals surface area contributed by atoms with Crippen LogP contribution in [0.3, 0.4) is 0 Å². The molecule has 1 aromatic carbocycles. The molecule has 1 rings (SSSR count). The number of nitrogens with one attached hydrogen (secondary N) is 1. The van der Waals surface area contributed by atoms with Crippen molar-refractivity contribution >= 4 is 15.8 Å². The number of guanidine groups is 1. The zero-order valence-corrected chi connectivity index (χ0v) is 14.0. The Bertz CT molecular complexity index is 585. The van der Waals surface area contributed by atoms with Gasteiger partial charge in [0.1, 0.15) is 0 Å². The van der Waals surface area contributed by atoms with Gasteiger partial charge in [0.15, 0.2) is 15.8 Å². The van der Waals surface area contributed by atoms with Gasteiger partial charge in [-0.05, 0) is 24.5 Å². The molecule has 0 saturated carbocycles. The predicted molar refractivity (Wildman–Crippen MR) is 89.4 cm³/mol. The number of aliphatic imine (C=N–C) groups is 1. The van der Waals surface area contributed by atoms with Gasteiger partial charge in [0.2, 0.25) is 0 Å². The van der Waals surface area contributed by atoms with Gasteiger partial charge in [-0.3, -0.25) is 0 Å². The monoisotopic (exact) mass is 327 g/mol. The van der Waals surface area contributed by atoms with Gasteiger partial charge >= 0.3 is 0 Å². The summed E-state index contributed by atoms with van der Waals surface area (Å²) in [6.45, 7) is 4.40. The molecule has 0 heterocycles. The lowest BCUT2D eigenvalue weighted by Crippen LogP contribution is -2.32. The average molecular weight is 327 g/mol. The van der Waals surface area contributed by atoms with Crippen molar-refractivity contribution < 1.29 is 13.2 Å². The van der Waals surface area contributed by atoms with E-state index in [1.807, 2.05) is 25.1 Å². The SMILES string of the molecule is CCOCCCNC(N)=NCc1ccccc1CS(C)(=O)=O. The molecule has 0 atom stereocenters. The molecule has 7 heteroatoms. The third-order valence-electron chi connectivity index (χ3n) is 2.93. The van der Waals surface area contributed by atoms with Crippen molar-refractivity contribution in [2.24, 2.45) is 10.7 Å². The number of rotatable bonds is 9. The Morgan fingerprint density at radius 3 is 2.64 bits per heavy atom. The molecule has 0 aliphatic rings. The fraction of sp³-hybridized carbons (Fsp3) is 0.533. The van der Waals surface area contributed by atoms with E-state index in [0.717, 1.165) is 17.5 Å². The van der Waals surface area contributed by atoms with Crippen molar-refractivity contribution in [1.29, 1.82) is 0 Å². The maximum atomic E-state index is 11.4. The molecule has 0 aliphatic carbocycles. The van der Waals surface area contributed by atoms with E-state index in [9.17, 15) is 8.42 Å². The Labute approximate surface area is 132 Å². The molecule has 0 bridgehead atoms. The van der Waals surface area contributed by atoms with Gasteiger partial charge in [-0.25, -0.2) is 13.4 Å². The molecule has 1 aromatic rings. The first kappa shape index (κ1) is 18.4. The van der Waals surface area contributed by atoms with Crippen molar-refractivity contribution in [3.05, 3.63) is 35.4 Å². The predicted octanol–water partition coefficient (Wildman–Crippen LogP) is 1.06. The van der Waals surface area contributed by atoms with Crippen LogP contribution in [-0.2, 0) is 26.9 Å². The summed E-state index contributed by atoms with van der Waals surface area (Å²) in [4.78, 5) is 4.25. The standard InChI is InChI=1S/C15H25N3O3S/c1-3-21-10-6-9-17-15(16)18-11-13-7-4-5-8-14(13)12-22(2,19)20/h4-5,7-8H,3,6,9-12H2,1-2H3,(H3,16,17,18). The summed E-state index contributed by atoms with van der Waals surface area (Å²) in [5.41, 5.74) is 7.42. The lowest BCUT2D eigenvalue weighted by molar-refractivity contribution is 0.145. The molecule has 0 fully saturated rings. The zero-order valence-electron chi connectivity index (χ0n) is 13.2. The molecule has 22 heavy (non-hydrogen) atoms. The van der Waals surface area contributed by atoms with Gasteiger partial charge in [-0.15, -0.1) is 0 Å². The molecule has 6 nitrogen and oxygen atoms in total. The van der Waals surface area contributed by atoms with Gasteiger partial charge in [0.05, 0.1) is 12.3 Å². The first-order valence-corrected chi connectivity index (χ1v) is 9.34. The van der Waals surface area contributed by atoms with Crippen LogP contribution in [0.5, 0.6) is 0 Å². The van der Waals surface area contributed by atoms with Crippen LogP contribution in [0.2, 0.25) is 0 Å². The fourth-order valence-corrected chi connectivity index (χ4v) is 2.74. The van der Waals surface area contributed by atoms with Crippen LogP contribution >= 0.6 is 0 Å². The smallest absolute Gasteiger partial charge is 0.188 e. The maximum absolute atomic E-state index is 11.4. The second-order valence-electron chi connectivity index (χ2n) is 5.02. The largest absolute Gasteiger partial charge is 0.382 e. The highest BCUT2D eigenvalue weighted by atomic mass is 32.2. The minimum absolute atomic E-state index is 0.0143. The van der Waals surface area contributed by atoms with Crippen LogP contribution < -0.4 is 11.1 Å². The van der Waals surface area contributed by atoms with Crippen molar-refractivity contribution in [3.63, 3.8) is 0 Å². The number of nitrogens with zero attached hydrogens (tertiary/aromatic N) is 1. The Kier molecular flexibility index (Phi) is 7.90. The normalized spacial score (nSPS) is 12.4. The van der Waals surface area contributed by atoms with Gasteiger partial charge in [-0.2, -0.15) is 0 Å². The number of benzene rings is 1. The molecule has 0 amide bonds. The fourth-order valence-electron chi connectivity index (χ4n) is 1.90. The lowest BCUT2D eigenvalue weighted by atomic mass is 10.1. The highest BCUT2D eigenvalue weighted by Crippen LogP contribution is 2.13. The van der Waals surface area contributed by atoms with Crippen LogP contribution in [0.4, 0.5) is 0 Å². The minimum Gasteiger partial charge on any atom is -0.382 e. The number of hydrogen-bond acceptors (Lipinski definition) is 4. The van der Waals surface area contributed by atoms with Crippen molar-refractivity contribution in [3.8, 4) is 0 Å². The zero-order chi connectivity index (χ0) is 16.4. The first-order valence-electron chi connectivity index (χ1n) is 7.28. The molecular formula is C15H25N3O3S. The first-order chi connectivity index (χ1) is 10.4. The Hall–Kier alpha value is -1.60. The van der Waals surface area contributed by atoms with E-state index in [1.54, 1.807) is 6.07 Å². The topological polar surface area (TPSA) is 93.8 Å². The summed E-state index contributed by atoms with van der Waals surface area (Å²) >= 11 is 0. The molecule has 0 unspecified atom stereocenters. The molecule has 0 saturated heterocycles. The maximum Gasteiger partial charge on any atom is 0.188 e. The van der Waals surface area contributed by atoms with Crippen LogP contribution in [0.1, 0.15) is 24.5 Å². The minimum atomic E-state index is -3.07. The molecule has 0 radical (unpaired) electrons. The summed E-state index contributed by atoms with van der Waals surface area (Å²) in [7, 11) is -3.07. The number of nitrogens with two attached hydrogens (primary N) is 1. The summed E-state index contributed by atoms with van der Waals surface area (Å²) in [6.07, 6.45) is 2.08. The summed E-state index contributed by atoms with van der Waals surface area (Å²) in [5, 5.41) is 3.01. The number of ether oxygens (including phenoxy) is 1. The van der Waals surface area contributed by atoms with Crippen LogP contribution in [-0.4, -0.2) is 40.4 Å². The molecule has 0 aromatic heterocycles. The lowest BCUT2D eigenvalue weighted by Gasteiger charge is -2.08. The van der Waals surface area contributed by atoms with Crippen molar-refractivity contribution in [1.82, 2.24) is 5.32 Å². The third kappa shape index (κ3) is 7.99. The van der Waals surface area contributed by atoms with Crippen molar-refractivity contribution in [2.75, 3.05) is 26.0 Å². The van der Waals surface area contributed by atoms with E-state index in [1.165, 1.54) is 6.26 Å². The summed E-state index contributed by atoms with van der Waals surface area (Å²) in [6, 6.07) is 7.36. The molecule has 124 valence electrons. The van der Waals surface area contributed by atoms with E-state index in [2.05, 4.69) is 10.3 Å². The number of hydrogen-bond donors (Lipinski definition) is 2. The van der Waals surface area contributed by atoms with Crippen LogP contribution in [0.25, 0.3) is 0 Å². The third-order valence-corrected chi connectivity index (χ3v) is 3.77. The number of sulfone groups is 1. The highest BCUT2D eigenvalue weighted by Gasteiger charge is 2.08. The van der Waals surface area contributed by atoms with E-state index in [4.69, 9.17) is 10.5 Å². The van der Waals surface area contributed by atoms with E-state index in [-0.39, 0.29) is 5.75 Å². The molecule has 0 spiro atoms. The van der Waals surface area contributed by atoms with Crippen LogP contribution in [0, 0.1) is 0 Å². The van der Waals surface area contributed by atoms with E-state index >= 15 is 0 Å². The van der Waals surface area contributed by atoms with Gasteiger partial charge < -0.3 is 15.8 Å². The second kappa shape index (κ2) is 9.42. The van der Waals surface area contributed by atoms with E-state index < -0.39 is 9.84 Å². The highest BCUT2D eigenvalue weighted by molar-refractivity contribution is 7.89. The average Bonchev–Trinajstić information content (AvgIpc) is 2.44. The molecule has 0 aliphatic heterocycles. The van der Waals surface area contributed by atoms with Crippen molar-refractivity contribution in [2.45, 2.75) is 25.6 Å². The van der Waals surface area contributed by atoms with Crippen LogP contribution in [0.15, 0.2) is 29.3 Å². The van der Waals surface area contributed by atoms with Gasteiger partial charge in [0, 0.05) is 26.0 Å². The summed E-state index contributed by atoms with van der Waals surface area (Å²) < 4.78 is 28.1. The van der Waals surface area contributed by atoms with E-state index in [0.29, 0.717) is 32.3 Å². The van der Waals surface area contributed by atoms with Gasteiger partial charge in [0.25, 0.3) is 0 Å². The van der Waals surface area contributed by atoms with Gasteiger partial charge in [-0.1, -0.05) is 24.3 Å².